The zero-order valence-corrected chi connectivity index (χ0v) is 12.7. The van der Waals surface area contributed by atoms with Crippen LogP contribution in [0.2, 0.25) is 0 Å². The summed E-state index contributed by atoms with van der Waals surface area (Å²) in [4.78, 5) is 22.8. The van der Waals surface area contributed by atoms with E-state index in [1.165, 1.54) is 25.7 Å². The standard InChI is InChI=1S/C16H21N3O3/c1-9-7-19(8-13(22-9)16(20)21)14-6-12(10-2-3-10)17-15(18-14)11-4-5-11/h6,9-11,13H,2-5,7-8H2,1H3,(H,20,21)/t9-,13+/m1/s1. The summed E-state index contributed by atoms with van der Waals surface area (Å²) in [5, 5.41) is 9.24. The van der Waals surface area contributed by atoms with Gasteiger partial charge >= 0.3 is 5.97 Å². The molecule has 4 rings (SSSR count). The predicted molar refractivity (Wildman–Crippen MR) is 80.2 cm³/mol. The molecule has 2 aliphatic carbocycles. The number of morpholine rings is 1. The van der Waals surface area contributed by atoms with Crippen LogP contribution in [0, 0.1) is 0 Å². The molecule has 22 heavy (non-hydrogen) atoms. The van der Waals surface area contributed by atoms with Crippen LogP contribution in [0.25, 0.3) is 0 Å². The fourth-order valence-corrected chi connectivity index (χ4v) is 3.02. The Morgan fingerprint density at radius 3 is 2.59 bits per heavy atom. The van der Waals surface area contributed by atoms with Crippen molar-refractivity contribution in [3.8, 4) is 0 Å². The van der Waals surface area contributed by atoms with Gasteiger partial charge in [0, 0.05) is 30.1 Å². The number of aromatic nitrogens is 2. The van der Waals surface area contributed by atoms with Crippen LogP contribution < -0.4 is 4.90 Å². The summed E-state index contributed by atoms with van der Waals surface area (Å²) in [6.45, 7) is 2.94. The molecule has 6 nitrogen and oxygen atoms in total. The van der Waals surface area contributed by atoms with Gasteiger partial charge in [-0.3, -0.25) is 0 Å². The summed E-state index contributed by atoms with van der Waals surface area (Å²) >= 11 is 0. The number of ether oxygens (including phenoxy) is 1. The maximum absolute atomic E-state index is 11.3. The van der Waals surface area contributed by atoms with Crippen molar-refractivity contribution >= 4 is 11.8 Å². The van der Waals surface area contributed by atoms with Crippen molar-refractivity contribution in [2.75, 3.05) is 18.0 Å². The first kappa shape index (κ1) is 13.9. The van der Waals surface area contributed by atoms with Crippen LogP contribution in [0.5, 0.6) is 0 Å². The minimum absolute atomic E-state index is 0.112. The van der Waals surface area contributed by atoms with E-state index in [4.69, 9.17) is 14.7 Å². The van der Waals surface area contributed by atoms with E-state index in [9.17, 15) is 9.90 Å². The van der Waals surface area contributed by atoms with Gasteiger partial charge in [-0.05, 0) is 32.6 Å². The maximum atomic E-state index is 11.3. The first-order valence-electron chi connectivity index (χ1n) is 8.12. The topological polar surface area (TPSA) is 75.6 Å². The molecule has 0 unspecified atom stereocenters. The van der Waals surface area contributed by atoms with E-state index in [1.54, 1.807) is 0 Å². The lowest BCUT2D eigenvalue weighted by Crippen LogP contribution is -2.50. The quantitative estimate of drug-likeness (QED) is 0.915. The van der Waals surface area contributed by atoms with Gasteiger partial charge in [-0.15, -0.1) is 0 Å². The van der Waals surface area contributed by atoms with Crippen LogP contribution in [-0.4, -0.2) is 46.3 Å². The van der Waals surface area contributed by atoms with Crippen molar-refractivity contribution in [2.45, 2.75) is 56.7 Å². The second-order valence-corrected chi connectivity index (χ2v) is 6.74. The Labute approximate surface area is 129 Å². The Kier molecular flexibility index (Phi) is 3.29. The van der Waals surface area contributed by atoms with E-state index < -0.39 is 12.1 Å². The summed E-state index contributed by atoms with van der Waals surface area (Å²) < 4.78 is 5.49. The van der Waals surface area contributed by atoms with Gasteiger partial charge in [0.05, 0.1) is 12.6 Å². The average molecular weight is 303 g/mol. The molecule has 6 heteroatoms. The number of carboxylic acid groups (broad SMARTS) is 1. The highest BCUT2D eigenvalue weighted by atomic mass is 16.5. The van der Waals surface area contributed by atoms with Crippen LogP contribution in [0.3, 0.4) is 0 Å². The molecule has 3 aliphatic rings. The predicted octanol–water partition coefficient (Wildman–Crippen LogP) is 1.91. The monoisotopic (exact) mass is 303 g/mol. The molecule has 0 radical (unpaired) electrons. The smallest absolute Gasteiger partial charge is 0.334 e. The third-order valence-corrected chi connectivity index (χ3v) is 4.55. The van der Waals surface area contributed by atoms with Crippen molar-refractivity contribution in [3.05, 3.63) is 17.6 Å². The Bertz CT molecular complexity index is 568. The second-order valence-electron chi connectivity index (χ2n) is 6.74. The molecule has 0 amide bonds. The Hall–Kier alpha value is -1.69. The molecule has 1 aromatic heterocycles. The lowest BCUT2D eigenvalue weighted by atomic mass is 10.2. The highest BCUT2D eigenvalue weighted by Gasteiger charge is 2.34. The molecule has 1 N–H and O–H groups in total. The number of carboxylic acids is 1. The summed E-state index contributed by atoms with van der Waals surface area (Å²) in [6.07, 6.45) is 3.86. The molecule has 0 spiro atoms. The number of nitrogens with zero attached hydrogens (tertiary/aromatic N) is 3. The molecule has 2 heterocycles. The van der Waals surface area contributed by atoms with Crippen molar-refractivity contribution in [1.82, 2.24) is 9.97 Å². The van der Waals surface area contributed by atoms with Gasteiger partial charge in [-0.25, -0.2) is 14.8 Å². The summed E-state index contributed by atoms with van der Waals surface area (Å²) in [5.74, 6) is 2.00. The van der Waals surface area contributed by atoms with Crippen LogP contribution >= 0.6 is 0 Å². The number of rotatable bonds is 4. The Morgan fingerprint density at radius 2 is 1.95 bits per heavy atom. The molecule has 0 aromatic carbocycles. The fourth-order valence-electron chi connectivity index (χ4n) is 3.02. The highest BCUT2D eigenvalue weighted by Crippen LogP contribution is 2.43. The zero-order valence-electron chi connectivity index (χ0n) is 12.7. The van der Waals surface area contributed by atoms with Crippen LogP contribution in [0.15, 0.2) is 6.07 Å². The normalized spacial score (nSPS) is 28.7. The molecule has 3 fully saturated rings. The molecule has 1 aromatic rings. The number of hydrogen-bond acceptors (Lipinski definition) is 5. The Morgan fingerprint density at radius 1 is 1.23 bits per heavy atom. The highest BCUT2D eigenvalue weighted by molar-refractivity contribution is 5.73. The third kappa shape index (κ3) is 2.79. The molecule has 118 valence electrons. The van der Waals surface area contributed by atoms with Gasteiger partial charge in [0.2, 0.25) is 0 Å². The number of hydrogen-bond donors (Lipinski definition) is 1. The lowest BCUT2D eigenvalue weighted by Gasteiger charge is -2.35. The average Bonchev–Trinajstić information content (AvgIpc) is 3.39. The molecular formula is C16H21N3O3. The van der Waals surface area contributed by atoms with E-state index in [0.29, 0.717) is 24.9 Å². The molecule has 1 saturated heterocycles. The van der Waals surface area contributed by atoms with Gasteiger partial charge < -0.3 is 14.7 Å². The summed E-state index contributed by atoms with van der Waals surface area (Å²) in [5.41, 5.74) is 1.14. The van der Waals surface area contributed by atoms with Crippen LogP contribution in [-0.2, 0) is 9.53 Å². The number of carbonyl (C=O) groups is 1. The summed E-state index contributed by atoms with van der Waals surface area (Å²) in [6, 6.07) is 2.06. The maximum Gasteiger partial charge on any atom is 0.334 e. The lowest BCUT2D eigenvalue weighted by molar-refractivity contribution is -0.154. The molecular weight excluding hydrogens is 282 g/mol. The molecule has 1 aliphatic heterocycles. The SMILES string of the molecule is C[C@@H]1CN(c2cc(C3CC3)nc(C3CC3)n2)C[C@@H](C(=O)O)O1. The first-order valence-corrected chi connectivity index (χ1v) is 8.12. The van der Waals surface area contributed by atoms with Crippen LogP contribution in [0.1, 0.15) is 56.0 Å². The van der Waals surface area contributed by atoms with Gasteiger partial charge in [0.15, 0.2) is 6.10 Å². The molecule has 2 saturated carbocycles. The van der Waals surface area contributed by atoms with Crippen molar-refractivity contribution in [1.29, 1.82) is 0 Å². The van der Waals surface area contributed by atoms with Crippen molar-refractivity contribution in [3.63, 3.8) is 0 Å². The van der Waals surface area contributed by atoms with Crippen LogP contribution in [0.4, 0.5) is 5.82 Å². The van der Waals surface area contributed by atoms with E-state index in [0.717, 1.165) is 17.3 Å². The summed E-state index contributed by atoms with van der Waals surface area (Å²) in [7, 11) is 0. The molecule has 2 atom stereocenters. The largest absolute Gasteiger partial charge is 0.479 e. The zero-order chi connectivity index (χ0) is 15.3. The fraction of sp³-hybridized carbons (Fsp3) is 0.688. The minimum atomic E-state index is -0.907. The van der Waals surface area contributed by atoms with Crippen molar-refractivity contribution in [2.24, 2.45) is 0 Å². The second kappa shape index (κ2) is 5.19. The van der Waals surface area contributed by atoms with Crippen molar-refractivity contribution < 1.29 is 14.6 Å². The minimum Gasteiger partial charge on any atom is -0.479 e. The van der Waals surface area contributed by atoms with Gasteiger partial charge in [0.1, 0.15) is 11.6 Å². The number of anilines is 1. The van der Waals surface area contributed by atoms with E-state index in [1.807, 2.05) is 11.8 Å². The van der Waals surface area contributed by atoms with E-state index in [2.05, 4.69) is 6.07 Å². The molecule has 0 bridgehead atoms. The van der Waals surface area contributed by atoms with Gasteiger partial charge in [-0.1, -0.05) is 0 Å². The third-order valence-electron chi connectivity index (χ3n) is 4.55. The Balaban J connectivity index is 1.63. The van der Waals surface area contributed by atoms with Gasteiger partial charge in [0.25, 0.3) is 0 Å². The van der Waals surface area contributed by atoms with E-state index in [-0.39, 0.29) is 6.10 Å². The van der Waals surface area contributed by atoms with Gasteiger partial charge in [-0.2, -0.15) is 0 Å². The van der Waals surface area contributed by atoms with E-state index >= 15 is 0 Å². The first-order chi connectivity index (χ1) is 10.6. The number of aliphatic carboxylic acids is 1.